The van der Waals surface area contributed by atoms with E-state index in [1.807, 2.05) is 0 Å². The van der Waals surface area contributed by atoms with Crippen LogP contribution >= 0.6 is 0 Å². The van der Waals surface area contributed by atoms with Gasteiger partial charge >= 0.3 is 6.18 Å². The van der Waals surface area contributed by atoms with Crippen LogP contribution in [0.15, 0.2) is 23.4 Å². The number of likely N-dealkylation sites (N-methyl/N-ethyl adjacent to an activating group) is 1. The Hall–Kier alpha value is -1.97. The van der Waals surface area contributed by atoms with E-state index in [0.29, 0.717) is 11.1 Å². The molecule has 2 unspecified atom stereocenters. The van der Waals surface area contributed by atoms with Crippen molar-refractivity contribution in [3.05, 3.63) is 23.4 Å². The Balaban J connectivity index is 5.40. The third-order valence-corrected chi connectivity index (χ3v) is 2.92. The van der Waals surface area contributed by atoms with Gasteiger partial charge in [-0.1, -0.05) is 0 Å². The number of carbonyl (C=O) groups is 1. The van der Waals surface area contributed by atoms with E-state index < -0.39 is 41.3 Å². The van der Waals surface area contributed by atoms with E-state index in [1.54, 1.807) is 0 Å². The lowest BCUT2D eigenvalue weighted by atomic mass is 10.1. The number of halogens is 5. The van der Waals surface area contributed by atoms with E-state index in [4.69, 9.17) is 10.6 Å². The summed E-state index contributed by atoms with van der Waals surface area (Å²) < 4.78 is 65.0. The van der Waals surface area contributed by atoms with Crippen LogP contribution in [0.4, 0.5) is 22.0 Å². The van der Waals surface area contributed by atoms with E-state index in [2.05, 4.69) is 0 Å². The molecule has 0 aliphatic carbocycles. The molecular formula is C12H16F5N3O2. The largest absolute Gasteiger partial charge is 0.419 e. The highest BCUT2D eigenvalue weighted by Gasteiger charge is 2.33. The molecule has 1 amide bonds. The van der Waals surface area contributed by atoms with Crippen molar-refractivity contribution in [3.8, 4) is 0 Å². The number of hydroxylamine groups is 1. The average molecular weight is 329 g/mol. The maximum Gasteiger partial charge on any atom is 0.419 e. The summed E-state index contributed by atoms with van der Waals surface area (Å²) in [5.41, 5.74) is -0.205. The van der Waals surface area contributed by atoms with Crippen molar-refractivity contribution in [1.29, 1.82) is 5.41 Å². The lowest BCUT2D eigenvalue weighted by Crippen LogP contribution is -2.30. The van der Waals surface area contributed by atoms with Crippen LogP contribution in [0.3, 0.4) is 0 Å². The Morgan fingerprint density at radius 1 is 1.27 bits per heavy atom. The van der Waals surface area contributed by atoms with Crippen LogP contribution in [-0.2, 0) is 4.79 Å². The van der Waals surface area contributed by atoms with Crippen molar-refractivity contribution in [2.45, 2.75) is 26.1 Å². The lowest BCUT2D eigenvalue weighted by Gasteiger charge is -2.24. The highest BCUT2D eigenvalue weighted by Crippen LogP contribution is 2.27. The summed E-state index contributed by atoms with van der Waals surface area (Å²) in [5.74, 6) is -5.81. The van der Waals surface area contributed by atoms with Crippen molar-refractivity contribution in [3.63, 3.8) is 0 Å². The van der Waals surface area contributed by atoms with Gasteiger partial charge in [-0.25, -0.2) is 14.3 Å². The maximum absolute atomic E-state index is 13.9. The Labute approximate surface area is 123 Å². The molecule has 0 aromatic rings. The van der Waals surface area contributed by atoms with Crippen molar-refractivity contribution in [2.24, 2.45) is 5.92 Å². The van der Waals surface area contributed by atoms with Crippen LogP contribution in [0, 0.1) is 11.3 Å². The molecule has 3 N–H and O–H groups in total. The summed E-state index contributed by atoms with van der Waals surface area (Å²) in [4.78, 5) is 11.7. The molecule has 0 aromatic heterocycles. The highest BCUT2D eigenvalue weighted by atomic mass is 19.4. The first-order valence-electron chi connectivity index (χ1n) is 5.97. The van der Waals surface area contributed by atoms with Crippen LogP contribution in [0.1, 0.15) is 13.8 Å². The van der Waals surface area contributed by atoms with Crippen LogP contribution in [-0.4, -0.2) is 41.5 Å². The zero-order valence-corrected chi connectivity index (χ0v) is 12.0. The number of carbonyl (C=O) groups excluding carboxylic acids is 1. The van der Waals surface area contributed by atoms with E-state index in [-0.39, 0.29) is 6.21 Å². The number of nitrogens with one attached hydrogen (secondary N) is 2. The second-order valence-electron chi connectivity index (χ2n) is 4.46. The van der Waals surface area contributed by atoms with Gasteiger partial charge in [0.25, 0.3) is 5.91 Å². The fraction of sp³-hybridized carbons (Fsp3) is 0.500. The highest BCUT2D eigenvalue weighted by molar-refractivity contribution is 5.79. The van der Waals surface area contributed by atoms with E-state index in [9.17, 15) is 26.7 Å². The molecule has 0 aliphatic rings. The fourth-order valence-corrected chi connectivity index (χ4v) is 1.32. The molecule has 0 bridgehead atoms. The number of hydrogen-bond acceptors (Lipinski definition) is 4. The molecular weight excluding hydrogens is 313 g/mol. The Morgan fingerprint density at radius 3 is 2.14 bits per heavy atom. The molecule has 0 heterocycles. The van der Waals surface area contributed by atoms with Gasteiger partial charge < -0.3 is 10.3 Å². The first-order chi connectivity index (χ1) is 9.97. The monoisotopic (exact) mass is 329 g/mol. The minimum atomic E-state index is -4.81. The number of hydrogen-bond donors (Lipinski definition) is 3. The van der Waals surface area contributed by atoms with Crippen LogP contribution in [0.5, 0.6) is 0 Å². The van der Waals surface area contributed by atoms with Gasteiger partial charge in [0, 0.05) is 19.5 Å². The molecule has 0 aromatic carbocycles. The first-order valence-corrected chi connectivity index (χ1v) is 5.97. The van der Waals surface area contributed by atoms with Gasteiger partial charge in [-0.05, 0) is 13.8 Å². The quantitative estimate of drug-likeness (QED) is 0.303. The summed E-state index contributed by atoms with van der Waals surface area (Å²) in [6.45, 7) is 2.05. The summed E-state index contributed by atoms with van der Waals surface area (Å²) in [6.07, 6.45) is -4.32. The minimum absolute atomic E-state index is 0.0447. The predicted molar refractivity (Wildman–Crippen MR) is 68.5 cm³/mol. The smallest absolute Gasteiger partial charge is 0.371 e. The SMILES string of the molecule is CC(C(=O)NO)/C(F)=C(/F)C(C)N(C)/C=C(\C=N)C(F)(F)F. The molecule has 0 fully saturated rings. The molecule has 10 heteroatoms. The minimum Gasteiger partial charge on any atom is -0.371 e. The van der Waals surface area contributed by atoms with Gasteiger partial charge in [0.15, 0.2) is 5.83 Å². The molecule has 0 spiro atoms. The average Bonchev–Trinajstić information content (AvgIpc) is 2.46. The molecule has 0 aliphatic heterocycles. The van der Waals surface area contributed by atoms with Crippen molar-refractivity contribution < 1.29 is 32.0 Å². The zero-order valence-electron chi connectivity index (χ0n) is 12.0. The fourth-order valence-electron chi connectivity index (χ4n) is 1.32. The van der Waals surface area contributed by atoms with Crippen molar-refractivity contribution in [2.75, 3.05) is 7.05 Å². The van der Waals surface area contributed by atoms with Crippen LogP contribution in [0.25, 0.3) is 0 Å². The number of amides is 1. The third kappa shape index (κ3) is 5.10. The van der Waals surface area contributed by atoms with Gasteiger partial charge in [-0.15, -0.1) is 0 Å². The zero-order chi connectivity index (χ0) is 17.7. The lowest BCUT2D eigenvalue weighted by molar-refractivity contribution is -0.132. The van der Waals surface area contributed by atoms with Gasteiger partial charge in [0.1, 0.15) is 5.83 Å². The first kappa shape index (κ1) is 20.0. The summed E-state index contributed by atoms with van der Waals surface area (Å²) >= 11 is 0. The van der Waals surface area contributed by atoms with Crippen LogP contribution in [0.2, 0.25) is 0 Å². The molecule has 126 valence electrons. The summed E-state index contributed by atoms with van der Waals surface area (Å²) in [5, 5.41) is 15.0. The maximum atomic E-state index is 13.9. The molecule has 5 nitrogen and oxygen atoms in total. The normalized spacial score (nSPS) is 16.5. The molecule has 0 saturated heterocycles. The van der Waals surface area contributed by atoms with Gasteiger partial charge in [-0.3, -0.25) is 10.0 Å². The van der Waals surface area contributed by atoms with Crippen molar-refractivity contribution >= 4 is 12.1 Å². The number of allylic oxidation sites excluding steroid dienone is 1. The van der Waals surface area contributed by atoms with Gasteiger partial charge in [0.05, 0.1) is 17.5 Å². The molecule has 0 radical (unpaired) electrons. The standard InChI is InChI=1S/C12H16F5N3O2/c1-6(11(21)19-22)9(13)10(14)7(2)20(3)5-8(4-18)12(15,16)17/h4-7,18,22H,1-3H3,(H,19,21)/b8-5+,10-9-,18-4?. The van der Waals surface area contributed by atoms with E-state index in [0.717, 1.165) is 26.4 Å². The second kappa shape index (κ2) is 7.87. The Bertz CT molecular complexity index is 488. The predicted octanol–water partition coefficient (Wildman–Crippen LogP) is 2.69. The third-order valence-electron chi connectivity index (χ3n) is 2.92. The second-order valence-corrected chi connectivity index (χ2v) is 4.46. The Kier molecular flexibility index (Phi) is 7.17. The number of nitrogens with zero attached hydrogens (tertiary/aromatic N) is 1. The number of rotatable bonds is 6. The van der Waals surface area contributed by atoms with E-state index >= 15 is 0 Å². The molecule has 2 atom stereocenters. The van der Waals surface area contributed by atoms with Gasteiger partial charge in [0.2, 0.25) is 0 Å². The van der Waals surface area contributed by atoms with Crippen molar-refractivity contribution in [1.82, 2.24) is 10.4 Å². The van der Waals surface area contributed by atoms with E-state index in [1.165, 1.54) is 0 Å². The molecule has 0 rings (SSSR count). The summed E-state index contributed by atoms with van der Waals surface area (Å²) in [6, 6.07) is -1.45. The number of alkyl halides is 3. The molecule has 22 heavy (non-hydrogen) atoms. The topological polar surface area (TPSA) is 76.4 Å². The Morgan fingerprint density at radius 2 is 1.77 bits per heavy atom. The van der Waals surface area contributed by atoms with Crippen LogP contribution < -0.4 is 5.48 Å². The molecule has 0 saturated carbocycles. The van der Waals surface area contributed by atoms with Gasteiger partial charge in [-0.2, -0.15) is 13.2 Å². The summed E-state index contributed by atoms with van der Waals surface area (Å²) in [7, 11) is 1.06.